The molecule has 156 valence electrons. The maximum absolute atomic E-state index is 13.0. The Morgan fingerprint density at radius 3 is 2.55 bits per heavy atom. The van der Waals surface area contributed by atoms with Gasteiger partial charge in [0.2, 0.25) is 17.6 Å². The van der Waals surface area contributed by atoms with Crippen LogP contribution in [0.2, 0.25) is 0 Å². The first-order valence-electron chi connectivity index (χ1n) is 9.79. The number of nitrogens with one attached hydrogen (secondary N) is 1. The highest BCUT2D eigenvalue weighted by molar-refractivity contribution is 5.92. The summed E-state index contributed by atoms with van der Waals surface area (Å²) in [5.74, 6) is 1.38. The summed E-state index contributed by atoms with van der Waals surface area (Å²) in [5.41, 5.74) is 2.35. The van der Waals surface area contributed by atoms with Gasteiger partial charge in [0, 0.05) is 18.4 Å². The number of amides is 1. The van der Waals surface area contributed by atoms with Gasteiger partial charge in [-0.3, -0.25) is 4.79 Å². The molecule has 0 saturated heterocycles. The molecule has 7 heteroatoms. The highest BCUT2D eigenvalue weighted by Gasteiger charge is 2.13. The largest absolute Gasteiger partial charge is 0.455 e. The molecule has 0 radical (unpaired) electrons. The van der Waals surface area contributed by atoms with E-state index in [4.69, 9.17) is 9.26 Å². The number of nitrogens with zero attached hydrogens (tertiary/aromatic N) is 2. The van der Waals surface area contributed by atoms with Gasteiger partial charge in [-0.2, -0.15) is 4.98 Å². The summed E-state index contributed by atoms with van der Waals surface area (Å²) in [4.78, 5) is 16.7. The molecule has 1 heterocycles. The van der Waals surface area contributed by atoms with Crippen molar-refractivity contribution in [3.63, 3.8) is 0 Å². The van der Waals surface area contributed by atoms with Gasteiger partial charge in [0.05, 0.1) is 5.69 Å². The van der Waals surface area contributed by atoms with Crippen LogP contribution in [0.5, 0.6) is 11.5 Å². The number of aromatic nitrogens is 2. The normalized spacial score (nSPS) is 10.6. The minimum Gasteiger partial charge on any atom is -0.455 e. The first-order valence-corrected chi connectivity index (χ1v) is 9.79. The van der Waals surface area contributed by atoms with E-state index in [1.165, 1.54) is 12.1 Å². The van der Waals surface area contributed by atoms with Gasteiger partial charge in [0.15, 0.2) is 5.75 Å². The van der Waals surface area contributed by atoms with Crippen molar-refractivity contribution in [2.24, 2.45) is 0 Å². The molecule has 3 aromatic carbocycles. The van der Waals surface area contributed by atoms with E-state index in [9.17, 15) is 9.18 Å². The topological polar surface area (TPSA) is 77.2 Å². The lowest BCUT2D eigenvalue weighted by Gasteiger charge is -2.12. The fourth-order valence-electron chi connectivity index (χ4n) is 2.90. The highest BCUT2D eigenvalue weighted by Crippen LogP contribution is 2.29. The molecule has 0 saturated carbocycles. The molecule has 1 amide bonds. The van der Waals surface area contributed by atoms with E-state index in [-0.39, 0.29) is 24.6 Å². The van der Waals surface area contributed by atoms with Gasteiger partial charge >= 0.3 is 0 Å². The number of benzene rings is 3. The molecule has 0 unspecified atom stereocenters. The van der Waals surface area contributed by atoms with Crippen LogP contribution in [-0.4, -0.2) is 16.0 Å². The maximum atomic E-state index is 13.0. The molecule has 0 bridgehead atoms. The smallest absolute Gasteiger partial charge is 0.227 e. The van der Waals surface area contributed by atoms with Crippen LogP contribution in [0.3, 0.4) is 0 Å². The lowest BCUT2D eigenvalue weighted by molar-refractivity contribution is -0.116. The van der Waals surface area contributed by atoms with Crippen molar-refractivity contribution in [3.8, 4) is 22.9 Å². The molecular weight excluding hydrogens is 397 g/mol. The quantitative estimate of drug-likeness (QED) is 0.427. The molecule has 0 aliphatic heterocycles. The minimum absolute atomic E-state index is 0.157. The molecule has 0 aliphatic rings. The molecule has 0 fully saturated rings. The second-order valence-electron chi connectivity index (χ2n) is 6.98. The number of aryl methyl sites for hydroxylation is 2. The predicted molar refractivity (Wildman–Crippen MR) is 114 cm³/mol. The van der Waals surface area contributed by atoms with Crippen LogP contribution in [0, 0.1) is 12.7 Å². The first-order chi connectivity index (χ1) is 15.1. The summed E-state index contributed by atoms with van der Waals surface area (Å²) in [7, 11) is 0. The Labute approximate surface area is 178 Å². The number of rotatable bonds is 7. The summed E-state index contributed by atoms with van der Waals surface area (Å²) >= 11 is 0. The molecule has 0 spiro atoms. The van der Waals surface area contributed by atoms with E-state index < -0.39 is 0 Å². The van der Waals surface area contributed by atoms with Gasteiger partial charge in [0.25, 0.3) is 0 Å². The Morgan fingerprint density at radius 2 is 1.77 bits per heavy atom. The fraction of sp³-hybridized carbons (Fsp3) is 0.125. The molecule has 31 heavy (non-hydrogen) atoms. The summed E-state index contributed by atoms with van der Waals surface area (Å²) in [5, 5.41) is 6.75. The van der Waals surface area contributed by atoms with Crippen molar-refractivity contribution in [2.75, 3.05) is 5.32 Å². The standard InChI is InChI=1S/C24H20FN3O3/c1-16-6-12-19(13-7-16)30-21-5-3-2-4-20(21)26-22(29)14-15-23-27-24(28-31-23)17-8-10-18(25)11-9-17/h2-13H,14-15H2,1H3,(H,26,29). The SMILES string of the molecule is Cc1ccc(Oc2ccccc2NC(=O)CCc2nc(-c3ccc(F)cc3)no2)cc1. The molecule has 6 nitrogen and oxygen atoms in total. The van der Waals surface area contributed by atoms with Crippen LogP contribution >= 0.6 is 0 Å². The minimum atomic E-state index is -0.337. The van der Waals surface area contributed by atoms with Crippen molar-refractivity contribution < 1.29 is 18.4 Å². The van der Waals surface area contributed by atoms with E-state index in [1.54, 1.807) is 24.3 Å². The second kappa shape index (κ2) is 9.21. The molecule has 0 aliphatic carbocycles. The number of hydrogen-bond donors (Lipinski definition) is 1. The first kappa shape index (κ1) is 20.3. The van der Waals surface area contributed by atoms with Crippen molar-refractivity contribution in [1.29, 1.82) is 0 Å². The number of para-hydroxylation sites is 2. The van der Waals surface area contributed by atoms with Crippen LogP contribution in [-0.2, 0) is 11.2 Å². The van der Waals surface area contributed by atoms with Crippen molar-refractivity contribution in [3.05, 3.63) is 90.1 Å². The molecule has 4 aromatic rings. The van der Waals surface area contributed by atoms with Crippen molar-refractivity contribution >= 4 is 11.6 Å². The summed E-state index contributed by atoms with van der Waals surface area (Å²) in [6.45, 7) is 2.00. The summed E-state index contributed by atoms with van der Waals surface area (Å²) in [6.07, 6.45) is 0.435. The molecule has 4 rings (SSSR count). The van der Waals surface area contributed by atoms with Crippen LogP contribution in [0.15, 0.2) is 77.3 Å². The van der Waals surface area contributed by atoms with Gasteiger partial charge in [-0.05, 0) is 55.5 Å². The van der Waals surface area contributed by atoms with E-state index in [0.717, 1.165) is 5.56 Å². The number of halogens is 1. The van der Waals surface area contributed by atoms with Crippen molar-refractivity contribution in [1.82, 2.24) is 10.1 Å². The van der Waals surface area contributed by atoms with E-state index in [2.05, 4.69) is 15.5 Å². The zero-order valence-electron chi connectivity index (χ0n) is 16.8. The average Bonchev–Trinajstić information content (AvgIpc) is 3.25. The van der Waals surface area contributed by atoms with Gasteiger partial charge in [-0.1, -0.05) is 35.0 Å². The van der Waals surface area contributed by atoms with Gasteiger partial charge in [-0.25, -0.2) is 4.39 Å². The lowest BCUT2D eigenvalue weighted by atomic mass is 10.2. The number of ether oxygens (including phenoxy) is 1. The third kappa shape index (κ3) is 5.33. The summed E-state index contributed by atoms with van der Waals surface area (Å²) in [6, 6.07) is 20.7. The lowest BCUT2D eigenvalue weighted by Crippen LogP contribution is -2.13. The number of anilines is 1. The predicted octanol–water partition coefficient (Wildman–Crippen LogP) is 5.55. The summed E-state index contributed by atoms with van der Waals surface area (Å²) < 4.78 is 24.2. The number of carbonyl (C=O) groups excluding carboxylic acids is 1. The molecule has 0 atom stereocenters. The third-order valence-electron chi connectivity index (χ3n) is 4.55. The molecule has 1 aromatic heterocycles. The molecule has 1 N–H and O–H groups in total. The maximum Gasteiger partial charge on any atom is 0.227 e. The van der Waals surface area contributed by atoms with Crippen molar-refractivity contribution in [2.45, 2.75) is 19.8 Å². The van der Waals surface area contributed by atoms with Crippen LogP contribution < -0.4 is 10.1 Å². The van der Waals surface area contributed by atoms with Crippen LogP contribution in [0.4, 0.5) is 10.1 Å². The third-order valence-corrected chi connectivity index (χ3v) is 4.55. The number of hydrogen-bond acceptors (Lipinski definition) is 5. The zero-order chi connectivity index (χ0) is 21.6. The average molecular weight is 417 g/mol. The molecular formula is C24H20FN3O3. The Kier molecular flexibility index (Phi) is 6.03. The zero-order valence-corrected chi connectivity index (χ0v) is 16.8. The van der Waals surface area contributed by atoms with Crippen LogP contribution in [0.1, 0.15) is 17.9 Å². The van der Waals surface area contributed by atoms with Crippen LogP contribution in [0.25, 0.3) is 11.4 Å². The van der Waals surface area contributed by atoms with Gasteiger partial charge in [-0.15, -0.1) is 0 Å². The highest BCUT2D eigenvalue weighted by atomic mass is 19.1. The van der Waals surface area contributed by atoms with Gasteiger partial charge in [0.1, 0.15) is 11.6 Å². The fourth-order valence-corrected chi connectivity index (χ4v) is 2.90. The van der Waals surface area contributed by atoms with E-state index in [0.29, 0.717) is 34.5 Å². The van der Waals surface area contributed by atoms with E-state index in [1.807, 2.05) is 43.3 Å². The number of carbonyl (C=O) groups is 1. The Balaban J connectivity index is 1.36. The Bertz CT molecular complexity index is 1170. The van der Waals surface area contributed by atoms with Gasteiger partial charge < -0.3 is 14.6 Å². The Hall–Kier alpha value is -4.00. The Morgan fingerprint density at radius 1 is 1.03 bits per heavy atom. The monoisotopic (exact) mass is 417 g/mol. The second-order valence-corrected chi connectivity index (χ2v) is 6.98. The van der Waals surface area contributed by atoms with E-state index >= 15 is 0 Å².